The lowest BCUT2D eigenvalue weighted by Crippen LogP contribution is -2.48. The van der Waals surface area contributed by atoms with E-state index in [-0.39, 0.29) is 11.0 Å². The quantitative estimate of drug-likeness (QED) is 0.781. The van der Waals surface area contributed by atoms with E-state index in [9.17, 15) is 8.42 Å². The molecule has 1 saturated heterocycles. The fourth-order valence-electron chi connectivity index (χ4n) is 2.35. The molecular formula is C12H14ClN3O2S3. The molecule has 2 aromatic rings. The van der Waals surface area contributed by atoms with Gasteiger partial charge in [-0.3, -0.25) is 0 Å². The molecule has 0 saturated carbocycles. The third-order valence-electron chi connectivity index (χ3n) is 3.45. The zero-order chi connectivity index (χ0) is 15.0. The first kappa shape index (κ1) is 15.3. The fraction of sp³-hybridized carbons (Fsp3) is 0.500. The van der Waals surface area contributed by atoms with Gasteiger partial charge in [-0.25, -0.2) is 13.4 Å². The van der Waals surface area contributed by atoms with Crippen molar-refractivity contribution in [3.8, 4) is 0 Å². The molecule has 1 aliphatic heterocycles. The Balaban J connectivity index is 2.12. The van der Waals surface area contributed by atoms with Gasteiger partial charge >= 0.3 is 0 Å². The van der Waals surface area contributed by atoms with Crippen LogP contribution < -0.4 is 4.90 Å². The summed E-state index contributed by atoms with van der Waals surface area (Å²) in [5, 5.41) is 2.40. The molecule has 0 radical (unpaired) electrons. The lowest BCUT2D eigenvalue weighted by molar-refractivity contribution is 0.579. The van der Waals surface area contributed by atoms with Gasteiger partial charge in [0.15, 0.2) is 9.84 Å². The summed E-state index contributed by atoms with van der Waals surface area (Å²) in [5.41, 5.74) is 0. The van der Waals surface area contributed by atoms with Gasteiger partial charge < -0.3 is 4.90 Å². The van der Waals surface area contributed by atoms with Crippen LogP contribution in [0.3, 0.4) is 0 Å². The summed E-state index contributed by atoms with van der Waals surface area (Å²) in [6, 6.07) is 1.92. The van der Waals surface area contributed by atoms with Crippen molar-refractivity contribution < 1.29 is 8.42 Å². The summed E-state index contributed by atoms with van der Waals surface area (Å²) in [5.74, 6) is 2.20. The molecule has 0 aliphatic carbocycles. The zero-order valence-corrected chi connectivity index (χ0v) is 14.5. The number of nitrogens with zero attached hydrogens (tertiary/aromatic N) is 3. The smallest absolute Gasteiger partial charge is 0.225 e. The predicted octanol–water partition coefficient (Wildman–Crippen LogP) is 2.66. The van der Waals surface area contributed by atoms with Gasteiger partial charge in [-0.05, 0) is 23.0 Å². The van der Waals surface area contributed by atoms with Crippen LogP contribution >= 0.6 is 34.7 Å². The van der Waals surface area contributed by atoms with E-state index in [4.69, 9.17) is 11.6 Å². The number of aromatic nitrogens is 2. The SMILES string of the molecule is CCS(=O)(=O)C1CSCCN1c1nc(Cl)nc2sccc12. The van der Waals surface area contributed by atoms with Crippen molar-refractivity contribution in [1.29, 1.82) is 0 Å². The summed E-state index contributed by atoms with van der Waals surface area (Å²) in [6.07, 6.45) is 0. The summed E-state index contributed by atoms with van der Waals surface area (Å²) in [7, 11) is -3.18. The molecule has 21 heavy (non-hydrogen) atoms. The molecule has 1 atom stereocenters. The average Bonchev–Trinajstić information content (AvgIpc) is 2.94. The van der Waals surface area contributed by atoms with Crippen molar-refractivity contribution in [3.63, 3.8) is 0 Å². The van der Waals surface area contributed by atoms with Gasteiger partial charge in [-0.1, -0.05) is 6.92 Å². The second-order valence-corrected chi connectivity index (χ2v) is 9.46. The highest BCUT2D eigenvalue weighted by molar-refractivity contribution is 8.01. The summed E-state index contributed by atoms with van der Waals surface area (Å²) < 4.78 is 24.7. The molecule has 5 nitrogen and oxygen atoms in total. The number of thiophene rings is 1. The minimum atomic E-state index is -3.18. The Morgan fingerprint density at radius 1 is 1.48 bits per heavy atom. The lowest BCUT2D eigenvalue weighted by Gasteiger charge is -2.35. The number of fused-ring (bicyclic) bond motifs is 1. The minimum absolute atomic E-state index is 0.125. The Morgan fingerprint density at radius 2 is 2.29 bits per heavy atom. The third kappa shape index (κ3) is 2.86. The normalized spacial score (nSPS) is 20.1. The number of halogens is 1. The highest BCUT2D eigenvalue weighted by Crippen LogP contribution is 2.33. The van der Waals surface area contributed by atoms with Gasteiger partial charge in [-0.15, -0.1) is 11.3 Å². The summed E-state index contributed by atoms with van der Waals surface area (Å²) in [6.45, 7) is 2.33. The van der Waals surface area contributed by atoms with Crippen molar-refractivity contribution in [2.45, 2.75) is 12.3 Å². The van der Waals surface area contributed by atoms with Crippen molar-refractivity contribution in [2.24, 2.45) is 0 Å². The molecule has 2 aromatic heterocycles. The molecule has 1 aliphatic rings. The van der Waals surface area contributed by atoms with Crippen molar-refractivity contribution in [3.05, 3.63) is 16.7 Å². The summed E-state index contributed by atoms with van der Waals surface area (Å²) >= 11 is 9.14. The molecule has 0 spiro atoms. The number of rotatable bonds is 3. The molecule has 3 heterocycles. The maximum Gasteiger partial charge on any atom is 0.225 e. The maximum absolute atomic E-state index is 12.4. The number of sulfone groups is 1. The second kappa shape index (κ2) is 5.91. The summed E-state index contributed by atoms with van der Waals surface area (Å²) in [4.78, 5) is 11.2. The standard InChI is InChI=1S/C12H14ClN3O2S3/c1-2-21(17,18)9-7-19-6-4-16(9)10-8-3-5-20-11(8)15-12(13)14-10/h3,5,9H,2,4,6-7H2,1H3. The molecule has 1 fully saturated rings. The molecule has 0 bridgehead atoms. The Labute approximate surface area is 136 Å². The first-order valence-electron chi connectivity index (χ1n) is 6.49. The van der Waals surface area contributed by atoms with Gasteiger partial charge in [0.05, 0.1) is 5.39 Å². The first-order valence-corrected chi connectivity index (χ1v) is 10.6. The van der Waals surface area contributed by atoms with E-state index in [2.05, 4.69) is 9.97 Å². The zero-order valence-electron chi connectivity index (χ0n) is 11.3. The van der Waals surface area contributed by atoms with E-state index in [0.29, 0.717) is 18.1 Å². The van der Waals surface area contributed by atoms with Gasteiger partial charge in [-0.2, -0.15) is 16.7 Å². The van der Waals surface area contributed by atoms with E-state index in [0.717, 1.165) is 16.0 Å². The van der Waals surface area contributed by atoms with Crippen LogP contribution in [0.2, 0.25) is 5.28 Å². The molecule has 0 aromatic carbocycles. The topological polar surface area (TPSA) is 63.2 Å². The Morgan fingerprint density at radius 3 is 3.05 bits per heavy atom. The van der Waals surface area contributed by atoms with E-state index in [1.165, 1.54) is 11.3 Å². The van der Waals surface area contributed by atoms with Gasteiger partial charge in [0.2, 0.25) is 5.28 Å². The van der Waals surface area contributed by atoms with Crippen molar-refractivity contribution in [1.82, 2.24) is 9.97 Å². The number of hydrogen-bond donors (Lipinski definition) is 0. The van der Waals surface area contributed by atoms with Crippen LogP contribution in [-0.2, 0) is 9.84 Å². The Bertz CT molecular complexity index is 762. The van der Waals surface area contributed by atoms with Crippen LogP contribution in [0.15, 0.2) is 11.4 Å². The van der Waals surface area contributed by atoms with Crippen LogP contribution in [0.4, 0.5) is 5.82 Å². The monoisotopic (exact) mass is 363 g/mol. The van der Waals surface area contributed by atoms with Crippen LogP contribution in [0, 0.1) is 0 Å². The first-order chi connectivity index (χ1) is 10.0. The van der Waals surface area contributed by atoms with E-state index in [1.807, 2.05) is 16.3 Å². The third-order valence-corrected chi connectivity index (χ3v) is 7.72. The van der Waals surface area contributed by atoms with E-state index < -0.39 is 15.2 Å². The number of thioether (sulfide) groups is 1. The molecule has 1 unspecified atom stereocenters. The predicted molar refractivity (Wildman–Crippen MR) is 90.3 cm³/mol. The molecular weight excluding hydrogens is 350 g/mol. The van der Waals surface area contributed by atoms with Crippen LogP contribution in [0.5, 0.6) is 0 Å². The van der Waals surface area contributed by atoms with Crippen molar-refractivity contribution in [2.75, 3.05) is 28.7 Å². The number of anilines is 1. The van der Waals surface area contributed by atoms with Gasteiger partial charge in [0.1, 0.15) is 16.0 Å². The fourth-order valence-corrected chi connectivity index (χ4v) is 6.29. The Kier molecular flexibility index (Phi) is 4.31. The molecule has 0 amide bonds. The maximum atomic E-state index is 12.4. The number of hydrogen-bond acceptors (Lipinski definition) is 7. The molecule has 0 N–H and O–H groups in total. The van der Waals surface area contributed by atoms with E-state index >= 15 is 0 Å². The highest BCUT2D eigenvalue weighted by atomic mass is 35.5. The lowest BCUT2D eigenvalue weighted by atomic mass is 10.3. The van der Waals surface area contributed by atoms with Crippen LogP contribution in [-0.4, -0.2) is 47.6 Å². The minimum Gasteiger partial charge on any atom is -0.338 e. The van der Waals surface area contributed by atoms with Gasteiger partial charge in [0.25, 0.3) is 0 Å². The van der Waals surface area contributed by atoms with E-state index in [1.54, 1.807) is 18.7 Å². The van der Waals surface area contributed by atoms with Crippen LogP contribution in [0.25, 0.3) is 10.2 Å². The molecule has 9 heteroatoms. The van der Waals surface area contributed by atoms with Crippen molar-refractivity contribution >= 4 is 60.6 Å². The highest BCUT2D eigenvalue weighted by Gasteiger charge is 2.34. The molecule has 114 valence electrons. The van der Waals surface area contributed by atoms with Crippen LogP contribution in [0.1, 0.15) is 6.92 Å². The van der Waals surface area contributed by atoms with Gasteiger partial charge in [0, 0.05) is 23.8 Å². The largest absolute Gasteiger partial charge is 0.338 e. The Hall–Kier alpha value is -0.570. The second-order valence-electron chi connectivity index (χ2n) is 4.63. The average molecular weight is 364 g/mol. The molecule has 3 rings (SSSR count).